The molecule has 0 aliphatic heterocycles. The Balaban J connectivity index is 0.0000176. The Hall–Kier alpha value is -3.26. The van der Waals surface area contributed by atoms with Crippen LogP contribution in [0.3, 0.4) is 0 Å². The minimum atomic E-state index is -1.43. The fourth-order valence-electron chi connectivity index (χ4n) is 4.34. The van der Waals surface area contributed by atoms with Gasteiger partial charge in [0.25, 0.3) is 0 Å². The molecule has 0 aromatic heterocycles. The molecule has 0 bridgehead atoms. The molecule has 3 unspecified atom stereocenters. The summed E-state index contributed by atoms with van der Waals surface area (Å²) in [5, 5.41) is 24.4. The largest absolute Gasteiger partial charge is 0.508 e. The number of methoxy groups -OCH3 is 1. The van der Waals surface area contributed by atoms with E-state index in [0.717, 1.165) is 30.4 Å². The Bertz CT molecular complexity index is 1040. The van der Waals surface area contributed by atoms with Gasteiger partial charge in [-0.2, -0.15) is 0 Å². The summed E-state index contributed by atoms with van der Waals surface area (Å²) in [6, 6.07) is 3.31. The van der Waals surface area contributed by atoms with Crippen LogP contribution in [-0.4, -0.2) is 89.6 Å². The number of phenolic OH excluding ortho intramolecular Hbond substituents is 1. The van der Waals surface area contributed by atoms with Crippen LogP contribution in [0.2, 0.25) is 0 Å². The van der Waals surface area contributed by atoms with E-state index in [-0.39, 0.29) is 44.1 Å². The van der Waals surface area contributed by atoms with E-state index in [1.807, 2.05) is 12.1 Å². The molecule has 0 fully saturated rings. The third-order valence-corrected chi connectivity index (χ3v) is 6.86. The molecule has 0 spiro atoms. The lowest BCUT2D eigenvalue weighted by atomic mass is 9.95. The predicted molar refractivity (Wildman–Crippen MR) is 163 cm³/mol. The second kappa shape index (κ2) is 20.6. The number of amides is 4. The molecule has 1 rings (SSSR count). The Morgan fingerprint density at radius 2 is 1.63 bits per heavy atom. The molecule has 244 valence electrons. The van der Waals surface area contributed by atoms with E-state index in [2.05, 4.69) is 10.6 Å². The summed E-state index contributed by atoms with van der Waals surface area (Å²) >= 11 is 0. The maximum absolute atomic E-state index is 13.6. The van der Waals surface area contributed by atoms with Gasteiger partial charge in [0.1, 0.15) is 17.8 Å². The van der Waals surface area contributed by atoms with Crippen LogP contribution in [0.25, 0.3) is 0 Å². The van der Waals surface area contributed by atoms with E-state index in [1.54, 1.807) is 26.0 Å². The number of unbranched alkanes of at least 4 members (excludes halogenated alkanes) is 2. The fraction of sp³-hybridized carbons (Fsp3) is 0.621. The van der Waals surface area contributed by atoms with E-state index in [1.165, 1.54) is 6.92 Å². The van der Waals surface area contributed by atoms with Crippen LogP contribution < -0.4 is 22.1 Å². The molecule has 0 saturated heterocycles. The van der Waals surface area contributed by atoms with Crippen LogP contribution in [0.15, 0.2) is 24.3 Å². The van der Waals surface area contributed by atoms with Crippen LogP contribution >= 0.6 is 12.4 Å². The standard InChI is InChI=1S/C29H47N5O8.ClH/c1-18(2)26(29(41)42-4)34(24(38)9-7-5-6-8-20-10-12-22(36)13-11-20)28(40)25(31)21(17-35)16-32-27(39)19(3)33-23(37)14-15-30;/h10-13,18-19,21,25-26,35-36H,5-9,14-17,30-31H2,1-4H3,(H,32,39)(H,33,37);1H/t19-,21?,25?,26?;/m0./s1. The van der Waals surface area contributed by atoms with Crippen molar-refractivity contribution in [2.75, 3.05) is 26.8 Å². The number of phenols is 1. The zero-order chi connectivity index (χ0) is 31.8. The van der Waals surface area contributed by atoms with E-state index < -0.39 is 66.2 Å². The molecule has 0 saturated carbocycles. The van der Waals surface area contributed by atoms with Crippen molar-refractivity contribution in [2.24, 2.45) is 23.3 Å². The van der Waals surface area contributed by atoms with Crippen molar-refractivity contribution in [3.8, 4) is 5.75 Å². The maximum Gasteiger partial charge on any atom is 0.329 e. The number of esters is 1. The van der Waals surface area contributed by atoms with Crippen molar-refractivity contribution in [1.29, 1.82) is 0 Å². The Morgan fingerprint density at radius 1 is 1.00 bits per heavy atom. The first-order valence-electron chi connectivity index (χ1n) is 14.2. The van der Waals surface area contributed by atoms with Gasteiger partial charge in [-0.15, -0.1) is 12.4 Å². The average Bonchev–Trinajstić information content (AvgIpc) is 2.95. The number of hydrogen-bond donors (Lipinski definition) is 6. The first-order chi connectivity index (χ1) is 19.9. The molecule has 0 aliphatic carbocycles. The molecular weight excluding hydrogens is 582 g/mol. The number of rotatable bonds is 18. The summed E-state index contributed by atoms with van der Waals surface area (Å²) in [5.41, 5.74) is 12.6. The van der Waals surface area contributed by atoms with Crippen molar-refractivity contribution in [2.45, 2.75) is 77.4 Å². The lowest BCUT2D eigenvalue weighted by molar-refractivity contribution is -0.163. The van der Waals surface area contributed by atoms with Gasteiger partial charge in [0.2, 0.25) is 23.6 Å². The number of nitrogens with one attached hydrogen (secondary N) is 2. The van der Waals surface area contributed by atoms with Gasteiger partial charge in [-0.1, -0.05) is 32.4 Å². The lowest BCUT2D eigenvalue weighted by Crippen LogP contribution is -2.59. The summed E-state index contributed by atoms with van der Waals surface area (Å²) < 4.78 is 4.88. The zero-order valence-corrected chi connectivity index (χ0v) is 26.2. The summed E-state index contributed by atoms with van der Waals surface area (Å²) in [6.07, 6.45) is 2.68. The number of halogens is 1. The van der Waals surface area contributed by atoms with E-state index >= 15 is 0 Å². The number of aliphatic hydroxyl groups is 1. The van der Waals surface area contributed by atoms with Crippen LogP contribution in [0.5, 0.6) is 5.75 Å². The molecule has 1 aromatic carbocycles. The number of nitrogens with two attached hydrogens (primary N) is 2. The normalized spacial score (nSPS) is 13.6. The van der Waals surface area contributed by atoms with Crippen LogP contribution in [-0.2, 0) is 35.1 Å². The first kappa shape index (κ1) is 39.7. The van der Waals surface area contributed by atoms with Crippen molar-refractivity contribution in [1.82, 2.24) is 15.5 Å². The number of aliphatic hydroxyl groups excluding tert-OH is 1. The average molecular weight is 630 g/mol. The molecule has 1 aromatic rings. The third-order valence-electron chi connectivity index (χ3n) is 6.86. The van der Waals surface area contributed by atoms with Crippen molar-refractivity contribution >= 4 is 42.0 Å². The SMILES string of the molecule is COC(=O)C(C(C)C)N(C(=O)CCCCCc1ccc(O)cc1)C(=O)C(N)C(CO)CNC(=O)[C@H](C)NC(=O)CCN.Cl. The van der Waals surface area contributed by atoms with Crippen molar-refractivity contribution in [3.05, 3.63) is 29.8 Å². The number of aromatic hydroxyl groups is 1. The predicted octanol–water partition coefficient (Wildman–Crippen LogP) is 0.375. The second-order valence-corrected chi connectivity index (χ2v) is 10.6. The molecule has 4 atom stereocenters. The van der Waals surface area contributed by atoms with Crippen molar-refractivity contribution < 1.29 is 38.9 Å². The highest BCUT2D eigenvalue weighted by Gasteiger charge is 2.41. The van der Waals surface area contributed by atoms with Gasteiger partial charge >= 0.3 is 5.97 Å². The summed E-state index contributed by atoms with van der Waals surface area (Å²) in [4.78, 5) is 64.6. The Kier molecular flexibility index (Phi) is 19.0. The highest BCUT2D eigenvalue weighted by molar-refractivity contribution is 6.01. The molecule has 0 aliphatic rings. The van der Waals surface area contributed by atoms with E-state index in [9.17, 15) is 34.2 Å². The number of hydrogen-bond acceptors (Lipinski definition) is 10. The van der Waals surface area contributed by atoms with Crippen LogP contribution in [0.4, 0.5) is 0 Å². The number of nitrogens with zero attached hydrogens (tertiary/aromatic N) is 1. The van der Waals surface area contributed by atoms with Crippen LogP contribution in [0.1, 0.15) is 58.4 Å². The van der Waals surface area contributed by atoms with E-state index in [4.69, 9.17) is 16.2 Å². The zero-order valence-electron chi connectivity index (χ0n) is 25.4. The number of carbonyl (C=O) groups is 5. The molecule has 8 N–H and O–H groups in total. The highest BCUT2D eigenvalue weighted by Crippen LogP contribution is 2.19. The topological polar surface area (TPSA) is 214 Å². The number of benzene rings is 1. The number of imide groups is 1. The molecule has 43 heavy (non-hydrogen) atoms. The molecule has 4 amide bonds. The van der Waals surface area contributed by atoms with Crippen LogP contribution in [0, 0.1) is 11.8 Å². The number of ether oxygens (including phenoxy) is 1. The smallest absolute Gasteiger partial charge is 0.329 e. The van der Waals surface area contributed by atoms with Crippen molar-refractivity contribution in [3.63, 3.8) is 0 Å². The second-order valence-electron chi connectivity index (χ2n) is 10.6. The monoisotopic (exact) mass is 629 g/mol. The Morgan fingerprint density at radius 3 is 2.16 bits per heavy atom. The first-order valence-corrected chi connectivity index (χ1v) is 14.2. The molecule has 14 heteroatoms. The third kappa shape index (κ3) is 13.3. The number of aryl methyl sites for hydroxylation is 1. The fourth-order valence-corrected chi connectivity index (χ4v) is 4.34. The number of carbonyl (C=O) groups excluding carboxylic acids is 5. The van der Waals surface area contributed by atoms with Gasteiger partial charge < -0.3 is 37.1 Å². The minimum Gasteiger partial charge on any atom is -0.508 e. The Labute approximate surface area is 259 Å². The highest BCUT2D eigenvalue weighted by atomic mass is 35.5. The quantitative estimate of drug-likeness (QED) is 0.0969. The summed E-state index contributed by atoms with van der Waals surface area (Å²) in [6.45, 7) is 4.12. The van der Waals surface area contributed by atoms with Gasteiger partial charge in [-0.25, -0.2) is 4.79 Å². The van der Waals surface area contributed by atoms with Gasteiger partial charge in [-0.3, -0.25) is 24.1 Å². The minimum absolute atomic E-state index is 0. The molecule has 0 radical (unpaired) electrons. The maximum atomic E-state index is 13.6. The van der Waals surface area contributed by atoms with Gasteiger partial charge in [0.15, 0.2) is 0 Å². The van der Waals surface area contributed by atoms with Gasteiger partial charge in [-0.05, 0) is 49.8 Å². The molecular formula is C29H48ClN5O8. The molecule has 0 heterocycles. The summed E-state index contributed by atoms with van der Waals surface area (Å²) in [7, 11) is 1.16. The van der Waals surface area contributed by atoms with Gasteiger partial charge in [0, 0.05) is 38.5 Å². The summed E-state index contributed by atoms with van der Waals surface area (Å²) in [5.74, 6) is -4.49. The van der Waals surface area contributed by atoms with E-state index in [0.29, 0.717) is 12.8 Å². The lowest BCUT2D eigenvalue weighted by Gasteiger charge is -2.34. The molecule has 13 nitrogen and oxygen atoms in total. The van der Waals surface area contributed by atoms with Gasteiger partial charge in [0.05, 0.1) is 13.2 Å².